The highest BCUT2D eigenvalue weighted by Crippen LogP contribution is 2.26. The van der Waals surface area contributed by atoms with E-state index in [1.165, 1.54) is 24.5 Å². The van der Waals surface area contributed by atoms with Gasteiger partial charge in [0.1, 0.15) is 6.04 Å². The quantitative estimate of drug-likeness (QED) is 0.404. The van der Waals surface area contributed by atoms with Crippen LogP contribution in [0.5, 0.6) is 0 Å². The molecule has 0 saturated heterocycles. The Hall–Kier alpha value is -2.65. The zero-order valence-electron chi connectivity index (χ0n) is 17.8. The van der Waals surface area contributed by atoms with Crippen molar-refractivity contribution in [2.45, 2.75) is 38.8 Å². The number of aromatic nitrogens is 1. The Morgan fingerprint density at radius 3 is 2.68 bits per heavy atom. The monoisotopic (exact) mass is 465 g/mol. The molecular weight excluding hydrogens is 438 g/mol. The number of benzene rings is 1. The van der Waals surface area contributed by atoms with Crippen LogP contribution in [0.2, 0.25) is 5.02 Å². The summed E-state index contributed by atoms with van der Waals surface area (Å²) in [6.45, 7) is 7.69. The predicted molar refractivity (Wildman–Crippen MR) is 124 cm³/mol. The Kier molecular flexibility index (Phi) is 9.26. The maximum atomic E-state index is 13.1. The molecule has 1 aromatic heterocycles. The summed E-state index contributed by atoms with van der Waals surface area (Å²) in [4.78, 5) is 41.1. The summed E-state index contributed by atoms with van der Waals surface area (Å²) < 4.78 is 0.909. The molecule has 1 heterocycles. The van der Waals surface area contributed by atoms with Crippen LogP contribution in [0.4, 0.5) is 4.79 Å². The van der Waals surface area contributed by atoms with Gasteiger partial charge in [-0.3, -0.25) is 9.59 Å². The molecule has 1 unspecified atom stereocenters. The Bertz CT molecular complexity index is 948. The van der Waals surface area contributed by atoms with Crippen molar-refractivity contribution in [3.05, 3.63) is 40.9 Å². The number of carbonyl (C=O) groups is 3. The number of thiazole rings is 1. The fourth-order valence-corrected chi connectivity index (χ4v) is 4.18. The van der Waals surface area contributed by atoms with Crippen LogP contribution in [0.3, 0.4) is 0 Å². The van der Waals surface area contributed by atoms with Crippen LogP contribution in [0, 0.1) is 5.92 Å². The van der Waals surface area contributed by atoms with E-state index < -0.39 is 12.1 Å². The molecule has 2 rings (SSSR count). The van der Waals surface area contributed by atoms with E-state index >= 15 is 0 Å². The molecule has 4 amide bonds. The lowest BCUT2D eigenvalue weighted by Crippen LogP contribution is -2.55. The highest BCUT2D eigenvalue weighted by Gasteiger charge is 2.27. The first-order valence-corrected chi connectivity index (χ1v) is 11.2. The summed E-state index contributed by atoms with van der Waals surface area (Å²) in [5, 5.41) is 12.2. The number of urea groups is 1. The van der Waals surface area contributed by atoms with Gasteiger partial charge >= 0.3 is 6.03 Å². The fraction of sp³-hybridized carbons (Fsp3) is 0.429. The topological polar surface area (TPSA) is 112 Å². The van der Waals surface area contributed by atoms with Crippen molar-refractivity contribution < 1.29 is 14.4 Å². The van der Waals surface area contributed by atoms with Crippen molar-refractivity contribution in [1.29, 1.82) is 0 Å². The normalized spacial score (nSPS) is 13.7. The molecule has 0 aliphatic carbocycles. The van der Waals surface area contributed by atoms with Gasteiger partial charge < -0.3 is 21.3 Å². The van der Waals surface area contributed by atoms with Crippen LogP contribution >= 0.6 is 22.9 Å². The van der Waals surface area contributed by atoms with Gasteiger partial charge in [-0.1, -0.05) is 38.4 Å². The Labute approximate surface area is 190 Å². The van der Waals surface area contributed by atoms with Gasteiger partial charge in [0, 0.05) is 31.1 Å². The Morgan fingerprint density at radius 1 is 1.29 bits per heavy atom. The molecule has 0 radical (unpaired) electrons. The zero-order chi connectivity index (χ0) is 23.0. The van der Waals surface area contributed by atoms with Crippen LogP contribution in [-0.2, 0) is 16.0 Å². The second-order valence-corrected chi connectivity index (χ2v) is 8.70. The molecule has 0 fully saturated rings. The van der Waals surface area contributed by atoms with Crippen molar-refractivity contribution in [3.63, 3.8) is 0 Å². The molecule has 168 valence electrons. The smallest absolute Gasteiger partial charge is 0.315 e. The minimum absolute atomic E-state index is 0.110. The van der Waals surface area contributed by atoms with Crippen LogP contribution < -0.4 is 21.3 Å². The summed E-state index contributed by atoms with van der Waals surface area (Å²) in [7, 11) is 1.48. The Balaban J connectivity index is 2.18. The summed E-state index contributed by atoms with van der Waals surface area (Å²) in [6, 6.07) is 3.79. The second-order valence-electron chi connectivity index (χ2n) is 7.15. The summed E-state index contributed by atoms with van der Waals surface area (Å²) in [6.07, 6.45) is 2.22. The third-order valence-corrected chi connectivity index (χ3v) is 6.24. The molecule has 0 spiro atoms. The number of carbonyl (C=O) groups excluding carboxylic acids is 3. The third-order valence-electron chi connectivity index (χ3n) is 4.96. The molecule has 1 aromatic carbocycles. The van der Waals surface area contributed by atoms with E-state index in [-0.39, 0.29) is 36.7 Å². The first-order chi connectivity index (χ1) is 14.8. The fourth-order valence-electron chi connectivity index (χ4n) is 2.89. The van der Waals surface area contributed by atoms with Gasteiger partial charge in [-0.05, 0) is 30.2 Å². The number of nitrogens with zero attached hydrogens (tertiary/aromatic N) is 1. The molecule has 4 N–H and O–H groups in total. The number of halogens is 1. The molecule has 0 bridgehead atoms. The van der Waals surface area contributed by atoms with Crippen LogP contribution in [0.15, 0.2) is 30.9 Å². The molecule has 10 heteroatoms. The first-order valence-electron chi connectivity index (χ1n) is 10.0. The summed E-state index contributed by atoms with van der Waals surface area (Å²) >= 11 is 7.47. The molecule has 3 atom stereocenters. The lowest BCUT2D eigenvalue weighted by molar-refractivity contribution is -0.124. The van der Waals surface area contributed by atoms with E-state index in [2.05, 4.69) is 32.8 Å². The molecular formula is C21H28ClN5O3S. The maximum absolute atomic E-state index is 13.1. The minimum Gasteiger partial charge on any atom is -0.351 e. The Morgan fingerprint density at radius 2 is 2.03 bits per heavy atom. The number of fused-ring (bicyclic) bond motifs is 1. The molecule has 0 aliphatic heterocycles. The van der Waals surface area contributed by atoms with Gasteiger partial charge in [0.25, 0.3) is 0 Å². The number of nitrogens with one attached hydrogen (secondary N) is 4. The SMILES string of the molecule is C=CC(=O)NCC(NC(=O)[C@H](Cc1nc2ccc(Cl)cc2s1)NC(=O)NC)[C@@H](C)CC. The van der Waals surface area contributed by atoms with Gasteiger partial charge in [0.15, 0.2) is 0 Å². The van der Waals surface area contributed by atoms with E-state index in [1.807, 2.05) is 26.0 Å². The van der Waals surface area contributed by atoms with Crippen molar-refractivity contribution in [2.24, 2.45) is 5.92 Å². The number of hydrogen-bond acceptors (Lipinski definition) is 5. The molecule has 2 aromatic rings. The summed E-state index contributed by atoms with van der Waals surface area (Å²) in [5.41, 5.74) is 0.785. The van der Waals surface area contributed by atoms with Crippen molar-refractivity contribution in [1.82, 2.24) is 26.3 Å². The zero-order valence-corrected chi connectivity index (χ0v) is 19.4. The van der Waals surface area contributed by atoms with Gasteiger partial charge in [0.2, 0.25) is 11.8 Å². The highest BCUT2D eigenvalue weighted by atomic mass is 35.5. The van der Waals surface area contributed by atoms with E-state index in [0.717, 1.165) is 16.6 Å². The highest BCUT2D eigenvalue weighted by molar-refractivity contribution is 7.18. The first kappa shape index (κ1) is 24.6. The van der Waals surface area contributed by atoms with Gasteiger partial charge in [-0.2, -0.15) is 0 Å². The van der Waals surface area contributed by atoms with Crippen LogP contribution in [-0.4, -0.2) is 48.5 Å². The molecule has 8 nitrogen and oxygen atoms in total. The third kappa shape index (κ3) is 7.22. The number of amides is 4. The van der Waals surface area contributed by atoms with Crippen molar-refractivity contribution in [3.8, 4) is 0 Å². The minimum atomic E-state index is -0.836. The second kappa shape index (κ2) is 11.7. The predicted octanol–water partition coefficient (Wildman–Crippen LogP) is 2.62. The number of hydrogen-bond donors (Lipinski definition) is 4. The largest absolute Gasteiger partial charge is 0.351 e. The van der Waals surface area contributed by atoms with Crippen molar-refractivity contribution in [2.75, 3.05) is 13.6 Å². The lowest BCUT2D eigenvalue weighted by atomic mass is 9.98. The van der Waals surface area contributed by atoms with E-state index in [0.29, 0.717) is 10.0 Å². The molecule has 0 saturated carbocycles. The standard InChI is InChI=1S/C21H28ClN5O3S/c1-5-12(3)16(11-24-18(28)6-2)26-20(29)15(27-21(30)23-4)10-19-25-14-8-7-13(22)9-17(14)31-19/h6-9,12,15-16H,2,5,10-11H2,1,3-4H3,(H,24,28)(H,26,29)(H2,23,27,30)/t12-,15-,16?/m0/s1. The van der Waals surface area contributed by atoms with Crippen LogP contribution in [0.25, 0.3) is 10.2 Å². The van der Waals surface area contributed by atoms with E-state index in [1.54, 1.807) is 6.07 Å². The van der Waals surface area contributed by atoms with E-state index in [4.69, 9.17) is 11.6 Å². The maximum Gasteiger partial charge on any atom is 0.315 e. The number of rotatable bonds is 10. The van der Waals surface area contributed by atoms with Gasteiger partial charge in [-0.15, -0.1) is 11.3 Å². The van der Waals surface area contributed by atoms with E-state index in [9.17, 15) is 14.4 Å². The molecule has 0 aliphatic rings. The average molecular weight is 466 g/mol. The summed E-state index contributed by atoms with van der Waals surface area (Å²) in [5.74, 6) is -0.547. The average Bonchev–Trinajstić information content (AvgIpc) is 3.16. The van der Waals surface area contributed by atoms with Gasteiger partial charge in [-0.25, -0.2) is 9.78 Å². The molecule has 31 heavy (non-hydrogen) atoms. The lowest BCUT2D eigenvalue weighted by Gasteiger charge is -2.27. The van der Waals surface area contributed by atoms with Crippen molar-refractivity contribution >= 4 is 51.0 Å². The van der Waals surface area contributed by atoms with Gasteiger partial charge in [0.05, 0.1) is 15.2 Å². The van der Waals surface area contributed by atoms with Crippen LogP contribution in [0.1, 0.15) is 25.3 Å².